The third-order valence-corrected chi connectivity index (χ3v) is 9.18. The summed E-state index contributed by atoms with van der Waals surface area (Å²) in [5.74, 6) is -1.71. The summed E-state index contributed by atoms with van der Waals surface area (Å²) in [6.07, 6.45) is 3.75. The Bertz CT molecular complexity index is 1850. The van der Waals surface area contributed by atoms with Gasteiger partial charge in [0.2, 0.25) is 5.75 Å². The topological polar surface area (TPSA) is 82.1 Å². The molecule has 1 fully saturated rings. The first-order valence-corrected chi connectivity index (χ1v) is 14.2. The molecule has 44 heavy (non-hydrogen) atoms. The molecule has 1 aliphatic carbocycles. The standard InChI is InChI=1S/C36H28FNO6/c1-42-27-18-17-25(32(43-2)33(27)44-3)29-30(31(39)21-12-15-22(37)16-13-21)38-26-11-7-4-8-20(26)14-19-28(38)36(29)34(40)23-9-5-6-10-24(23)35(36)41/h4-19,28-30H,1-3H3/t28-,29-,30+/m0/s1. The van der Waals surface area contributed by atoms with Gasteiger partial charge in [-0.1, -0.05) is 60.7 Å². The molecule has 0 unspecified atom stereocenters. The molecular formula is C36H28FNO6. The Kier molecular flexibility index (Phi) is 6.39. The molecule has 4 aromatic carbocycles. The Morgan fingerprint density at radius 1 is 0.773 bits per heavy atom. The van der Waals surface area contributed by atoms with Gasteiger partial charge < -0.3 is 19.1 Å². The number of carbonyl (C=O) groups excluding carboxylic acids is 3. The van der Waals surface area contributed by atoms with Crippen LogP contribution in [0.5, 0.6) is 17.2 Å². The van der Waals surface area contributed by atoms with Crippen LogP contribution in [0, 0.1) is 11.2 Å². The summed E-state index contributed by atoms with van der Waals surface area (Å²) in [6.45, 7) is 0. The smallest absolute Gasteiger partial charge is 0.203 e. The first-order chi connectivity index (χ1) is 21.4. The van der Waals surface area contributed by atoms with Crippen LogP contribution < -0.4 is 19.1 Å². The fourth-order valence-corrected chi connectivity index (χ4v) is 7.41. The van der Waals surface area contributed by atoms with E-state index in [4.69, 9.17) is 14.2 Å². The summed E-state index contributed by atoms with van der Waals surface area (Å²) in [4.78, 5) is 46.4. The number of hydrogen-bond acceptors (Lipinski definition) is 7. The highest BCUT2D eigenvalue weighted by Gasteiger charge is 2.72. The van der Waals surface area contributed by atoms with Gasteiger partial charge in [-0.15, -0.1) is 0 Å². The van der Waals surface area contributed by atoms with Gasteiger partial charge in [0, 0.05) is 33.9 Å². The molecule has 1 spiro atoms. The molecule has 4 aromatic rings. The van der Waals surface area contributed by atoms with Gasteiger partial charge in [-0.05, 0) is 42.0 Å². The zero-order chi connectivity index (χ0) is 30.7. The van der Waals surface area contributed by atoms with E-state index in [0.717, 1.165) is 5.56 Å². The van der Waals surface area contributed by atoms with Crippen molar-refractivity contribution in [1.82, 2.24) is 0 Å². The van der Waals surface area contributed by atoms with E-state index in [1.54, 1.807) is 36.4 Å². The normalized spacial score (nSPS) is 20.7. The summed E-state index contributed by atoms with van der Waals surface area (Å²) >= 11 is 0. The highest BCUT2D eigenvalue weighted by Crippen LogP contribution is 2.63. The Morgan fingerprint density at radius 3 is 2.05 bits per heavy atom. The van der Waals surface area contributed by atoms with Crippen molar-refractivity contribution in [2.24, 2.45) is 5.41 Å². The first kappa shape index (κ1) is 27.6. The summed E-state index contributed by atoms with van der Waals surface area (Å²) in [5.41, 5.74) is 1.12. The van der Waals surface area contributed by atoms with E-state index >= 15 is 0 Å². The SMILES string of the molecule is COc1ccc([C@H]2[C@H](C(=O)c3ccc(F)cc3)N3c4ccccc4C=C[C@H]3C23C(=O)c2ccccc2C3=O)c(OC)c1OC. The monoisotopic (exact) mass is 589 g/mol. The molecule has 0 aromatic heterocycles. The molecule has 220 valence electrons. The van der Waals surface area contributed by atoms with Gasteiger partial charge in [0.1, 0.15) is 17.3 Å². The minimum absolute atomic E-state index is 0.249. The second-order valence-corrected chi connectivity index (χ2v) is 11.1. The number of para-hydroxylation sites is 1. The highest BCUT2D eigenvalue weighted by atomic mass is 19.1. The Hall–Kier alpha value is -5.24. The van der Waals surface area contributed by atoms with Gasteiger partial charge in [-0.2, -0.15) is 0 Å². The number of methoxy groups -OCH3 is 3. The molecule has 0 saturated carbocycles. The lowest BCUT2D eigenvalue weighted by Crippen LogP contribution is -2.48. The summed E-state index contributed by atoms with van der Waals surface area (Å²) in [5, 5.41) is 0. The van der Waals surface area contributed by atoms with E-state index < -0.39 is 29.2 Å². The van der Waals surface area contributed by atoms with Crippen LogP contribution in [0.4, 0.5) is 10.1 Å². The number of carbonyl (C=O) groups is 3. The maximum absolute atomic E-state index is 14.9. The molecule has 7 rings (SSSR count). The van der Waals surface area contributed by atoms with Crippen LogP contribution in [0.3, 0.4) is 0 Å². The van der Waals surface area contributed by atoms with E-state index in [-0.39, 0.29) is 34.4 Å². The minimum atomic E-state index is -1.74. The fraction of sp³-hybridized carbons (Fsp3) is 0.194. The molecule has 0 amide bonds. The number of hydrogen-bond donors (Lipinski definition) is 0. The summed E-state index contributed by atoms with van der Waals surface area (Å²) in [6, 6.07) is 21.2. The van der Waals surface area contributed by atoms with Gasteiger partial charge >= 0.3 is 0 Å². The Balaban J connectivity index is 1.59. The predicted octanol–water partition coefficient (Wildman–Crippen LogP) is 6.17. The number of rotatable bonds is 6. The third kappa shape index (κ3) is 3.57. The van der Waals surface area contributed by atoms with Crippen LogP contribution in [0.1, 0.15) is 48.1 Å². The zero-order valence-electron chi connectivity index (χ0n) is 24.2. The summed E-state index contributed by atoms with van der Waals surface area (Å²) < 4.78 is 31.2. The maximum Gasteiger partial charge on any atom is 0.203 e. The zero-order valence-corrected chi connectivity index (χ0v) is 24.2. The van der Waals surface area contributed by atoms with Gasteiger partial charge in [0.05, 0.1) is 27.4 Å². The molecule has 2 heterocycles. The van der Waals surface area contributed by atoms with Crippen molar-refractivity contribution in [1.29, 1.82) is 0 Å². The minimum Gasteiger partial charge on any atom is -0.493 e. The van der Waals surface area contributed by atoms with Crippen molar-refractivity contribution >= 4 is 29.1 Å². The molecule has 0 radical (unpaired) electrons. The summed E-state index contributed by atoms with van der Waals surface area (Å²) in [7, 11) is 4.44. The lowest BCUT2D eigenvalue weighted by Gasteiger charge is -2.37. The van der Waals surface area contributed by atoms with Crippen molar-refractivity contribution in [2.45, 2.75) is 18.0 Å². The van der Waals surface area contributed by atoms with E-state index in [2.05, 4.69) is 0 Å². The first-order valence-electron chi connectivity index (χ1n) is 14.2. The predicted molar refractivity (Wildman–Crippen MR) is 163 cm³/mol. The van der Waals surface area contributed by atoms with Crippen LogP contribution in [0.15, 0.2) is 91.0 Å². The number of ketones is 3. The molecule has 2 aliphatic heterocycles. The number of nitrogens with zero attached hydrogens (tertiary/aromatic N) is 1. The van der Waals surface area contributed by atoms with Crippen LogP contribution >= 0.6 is 0 Å². The molecule has 3 aliphatic rings. The van der Waals surface area contributed by atoms with Gasteiger partial charge in [0.25, 0.3) is 0 Å². The lowest BCUT2D eigenvalue weighted by atomic mass is 9.64. The largest absolute Gasteiger partial charge is 0.493 e. The molecule has 0 bridgehead atoms. The van der Waals surface area contributed by atoms with Gasteiger partial charge in [-0.3, -0.25) is 14.4 Å². The maximum atomic E-state index is 14.9. The second-order valence-electron chi connectivity index (χ2n) is 11.1. The molecule has 8 heteroatoms. The van der Waals surface area contributed by atoms with E-state index in [0.29, 0.717) is 28.1 Å². The number of halogens is 1. The van der Waals surface area contributed by atoms with Crippen LogP contribution in [-0.2, 0) is 0 Å². The third-order valence-electron chi connectivity index (χ3n) is 9.18. The van der Waals surface area contributed by atoms with E-state index in [1.807, 2.05) is 41.3 Å². The van der Waals surface area contributed by atoms with E-state index in [9.17, 15) is 18.8 Å². The number of Topliss-reactive ketones (excluding diaryl/α,β-unsaturated/α-hetero) is 3. The quantitative estimate of drug-likeness (QED) is 0.197. The van der Waals surface area contributed by atoms with Crippen molar-refractivity contribution < 1.29 is 33.0 Å². The fourth-order valence-electron chi connectivity index (χ4n) is 7.41. The van der Waals surface area contributed by atoms with Crippen molar-refractivity contribution in [3.8, 4) is 17.2 Å². The Labute approximate surface area is 253 Å². The van der Waals surface area contributed by atoms with Gasteiger partial charge in [-0.25, -0.2) is 4.39 Å². The lowest BCUT2D eigenvalue weighted by molar-refractivity contribution is 0.0664. The number of benzene rings is 4. The van der Waals surface area contributed by atoms with Crippen LogP contribution in [0.2, 0.25) is 0 Å². The number of ether oxygens (including phenoxy) is 3. The van der Waals surface area contributed by atoms with Crippen molar-refractivity contribution in [3.05, 3.63) is 125 Å². The van der Waals surface area contributed by atoms with Crippen LogP contribution in [-0.4, -0.2) is 50.8 Å². The van der Waals surface area contributed by atoms with Crippen molar-refractivity contribution in [2.75, 3.05) is 26.2 Å². The second kappa shape index (κ2) is 10.2. The Morgan fingerprint density at radius 2 is 1.41 bits per heavy atom. The van der Waals surface area contributed by atoms with E-state index in [1.165, 1.54) is 45.6 Å². The number of fused-ring (bicyclic) bond motifs is 5. The molecular weight excluding hydrogens is 561 g/mol. The average Bonchev–Trinajstić information content (AvgIpc) is 3.49. The molecule has 3 atom stereocenters. The molecule has 1 saturated heterocycles. The molecule has 7 nitrogen and oxygen atoms in total. The van der Waals surface area contributed by atoms with Crippen molar-refractivity contribution in [3.63, 3.8) is 0 Å². The van der Waals surface area contributed by atoms with Crippen LogP contribution in [0.25, 0.3) is 6.08 Å². The number of anilines is 1. The van der Waals surface area contributed by atoms with Gasteiger partial charge in [0.15, 0.2) is 28.8 Å². The highest BCUT2D eigenvalue weighted by molar-refractivity contribution is 6.32. The average molecular weight is 590 g/mol. The molecule has 0 N–H and O–H groups in total.